The summed E-state index contributed by atoms with van der Waals surface area (Å²) in [5.74, 6) is 3.53. The molecule has 15 heavy (non-hydrogen) atoms. The Balaban J connectivity index is 2.16. The number of rotatable bonds is 2. The van der Waals surface area contributed by atoms with Gasteiger partial charge in [0.2, 0.25) is 0 Å². The van der Waals surface area contributed by atoms with Crippen molar-refractivity contribution in [3.05, 3.63) is 23.9 Å². The van der Waals surface area contributed by atoms with Crippen LogP contribution in [0.15, 0.2) is 18.3 Å². The van der Waals surface area contributed by atoms with E-state index in [1.165, 1.54) is 0 Å². The van der Waals surface area contributed by atoms with Crippen molar-refractivity contribution in [3.63, 3.8) is 0 Å². The largest absolute Gasteiger partial charge is 0.383 e. The van der Waals surface area contributed by atoms with Crippen molar-refractivity contribution in [1.82, 2.24) is 4.98 Å². The molecule has 1 saturated heterocycles. The quantitative estimate of drug-likeness (QED) is 0.797. The van der Waals surface area contributed by atoms with Gasteiger partial charge in [-0.05, 0) is 12.1 Å². The molecule has 0 saturated carbocycles. The fourth-order valence-electron chi connectivity index (χ4n) is 1.44. The zero-order chi connectivity index (χ0) is 10.7. The first-order chi connectivity index (χ1) is 7.29. The fourth-order valence-corrected chi connectivity index (χ4v) is 4.06. The molecule has 5 heteroatoms. The maximum absolute atomic E-state index is 12.1. The van der Waals surface area contributed by atoms with E-state index in [4.69, 9.17) is 5.73 Å². The van der Waals surface area contributed by atoms with Crippen LogP contribution in [0.2, 0.25) is 0 Å². The normalized spacial score (nSPS) is 21.2. The highest BCUT2D eigenvalue weighted by Gasteiger charge is 2.24. The Kier molecular flexibility index (Phi) is 3.53. The van der Waals surface area contributed by atoms with E-state index in [0.717, 1.165) is 17.3 Å². The molecule has 2 heterocycles. The Hall–Kier alpha value is -0.680. The second kappa shape index (κ2) is 4.90. The Bertz CT molecular complexity index is 364. The van der Waals surface area contributed by atoms with Crippen molar-refractivity contribution >= 4 is 35.1 Å². The van der Waals surface area contributed by atoms with Crippen molar-refractivity contribution in [2.45, 2.75) is 5.25 Å². The number of Topliss-reactive ketones (excluding diaryl/α,β-unsaturated/α-hetero) is 1. The number of aromatic nitrogens is 1. The van der Waals surface area contributed by atoms with Gasteiger partial charge >= 0.3 is 0 Å². The zero-order valence-corrected chi connectivity index (χ0v) is 9.81. The van der Waals surface area contributed by atoms with E-state index in [1.54, 1.807) is 30.1 Å². The monoisotopic (exact) mass is 240 g/mol. The number of carbonyl (C=O) groups is 1. The molecule has 0 bridgehead atoms. The second-order valence-corrected chi connectivity index (χ2v) is 5.70. The molecule has 1 unspecified atom stereocenters. The van der Waals surface area contributed by atoms with Gasteiger partial charge in [0.15, 0.2) is 5.78 Å². The minimum Gasteiger partial charge on any atom is -0.383 e. The summed E-state index contributed by atoms with van der Waals surface area (Å²) in [6, 6.07) is 3.51. The van der Waals surface area contributed by atoms with Gasteiger partial charge in [-0.2, -0.15) is 11.8 Å². The number of hydrogen-bond acceptors (Lipinski definition) is 5. The average Bonchev–Trinajstić information content (AvgIpc) is 2.30. The molecule has 0 amide bonds. The average molecular weight is 240 g/mol. The first kappa shape index (κ1) is 10.8. The maximum atomic E-state index is 12.1. The van der Waals surface area contributed by atoms with Crippen molar-refractivity contribution < 1.29 is 4.79 Å². The Labute approximate surface area is 97.2 Å². The third kappa shape index (κ3) is 2.46. The molecule has 2 rings (SSSR count). The SMILES string of the molecule is Nc1ncccc1C(=O)C1CSCCS1. The molecular formula is C10H12N2OS2. The van der Waals surface area contributed by atoms with Gasteiger partial charge in [-0.15, -0.1) is 11.8 Å². The minimum atomic E-state index is 0.0512. The van der Waals surface area contributed by atoms with Gasteiger partial charge in [-0.3, -0.25) is 4.79 Å². The van der Waals surface area contributed by atoms with Gasteiger partial charge in [0.25, 0.3) is 0 Å². The van der Waals surface area contributed by atoms with Gasteiger partial charge in [0, 0.05) is 23.5 Å². The van der Waals surface area contributed by atoms with Gasteiger partial charge in [0.1, 0.15) is 5.82 Å². The van der Waals surface area contributed by atoms with Crippen LogP contribution in [0.4, 0.5) is 5.82 Å². The number of pyridine rings is 1. The maximum Gasteiger partial charge on any atom is 0.180 e. The first-order valence-electron chi connectivity index (χ1n) is 4.73. The molecule has 1 aliphatic rings. The van der Waals surface area contributed by atoms with E-state index >= 15 is 0 Å². The van der Waals surface area contributed by atoms with E-state index in [0.29, 0.717) is 11.4 Å². The van der Waals surface area contributed by atoms with Crippen molar-refractivity contribution in [1.29, 1.82) is 0 Å². The van der Waals surface area contributed by atoms with Crippen LogP contribution in [0, 0.1) is 0 Å². The molecule has 0 aliphatic carbocycles. The summed E-state index contributed by atoms with van der Waals surface area (Å²) in [6.45, 7) is 0. The predicted molar refractivity (Wildman–Crippen MR) is 66.6 cm³/mol. The smallest absolute Gasteiger partial charge is 0.180 e. The molecule has 0 spiro atoms. The molecule has 3 nitrogen and oxygen atoms in total. The Morgan fingerprint density at radius 1 is 1.53 bits per heavy atom. The van der Waals surface area contributed by atoms with Gasteiger partial charge < -0.3 is 5.73 Å². The van der Waals surface area contributed by atoms with E-state index < -0.39 is 0 Å². The molecule has 1 aromatic heterocycles. The molecule has 80 valence electrons. The number of nitrogen functional groups attached to an aromatic ring is 1. The molecular weight excluding hydrogens is 228 g/mol. The van der Waals surface area contributed by atoms with E-state index in [9.17, 15) is 4.79 Å². The summed E-state index contributed by atoms with van der Waals surface area (Å²) in [5.41, 5.74) is 6.25. The number of nitrogens with two attached hydrogens (primary N) is 1. The number of carbonyl (C=O) groups excluding carboxylic acids is 1. The number of hydrogen-bond donors (Lipinski definition) is 1. The minimum absolute atomic E-state index is 0.0512. The Morgan fingerprint density at radius 2 is 2.40 bits per heavy atom. The molecule has 0 radical (unpaired) electrons. The van der Waals surface area contributed by atoms with Crippen LogP contribution in [0.5, 0.6) is 0 Å². The number of ketones is 1. The molecule has 1 fully saturated rings. The summed E-state index contributed by atoms with van der Waals surface area (Å²) in [6.07, 6.45) is 1.61. The van der Waals surface area contributed by atoms with Gasteiger partial charge in [-0.25, -0.2) is 4.98 Å². The van der Waals surface area contributed by atoms with Crippen molar-refractivity contribution in [2.24, 2.45) is 0 Å². The summed E-state index contributed by atoms with van der Waals surface area (Å²) in [7, 11) is 0. The van der Waals surface area contributed by atoms with Gasteiger partial charge in [0.05, 0.1) is 10.8 Å². The molecule has 1 aromatic rings. The van der Waals surface area contributed by atoms with Crippen LogP contribution < -0.4 is 5.73 Å². The van der Waals surface area contributed by atoms with Crippen molar-refractivity contribution in [3.8, 4) is 0 Å². The van der Waals surface area contributed by atoms with Crippen LogP contribution in [0.3, 0.4) is 0 Å². The lowest BCUT2D eigenvalue weighted by atomic mass is 10.1. The predicted octanol–water partition coefficient (Wildman–Crippen LogP) is 1.70. The van der Waals surface area contributed by atoms with Crippen LogP contribution >= 0.6 is 23.5 Å². The highest BCUT2D eigenvalue weighted by atomic mass is 32.2. The highest BCUT2D eigenvalue weighted by Crippen LogP contribution is 2.27. The number of anilines is 1. The highest BCUT2D eigenvalue weighted by molar-refractivity contribution is 8.07. The third-order valence-electron chi connectivity index (χ3n) is 2.21. The lowest BCUT2D eigenvalue weighted by molar-refractivity contribution is 0.0995. The fraction of sp³-hybridized carbons (Fsp3) is 0.400. The topological polar surface area (TPSA) is 56.0 Å². The lowest BCUT2D eigenvalue weighted by Crippen LogP contribution is -2.25. The second-order valence-electron chi connectivity index (χ2n) is 3.23. The molecule has 2 N–H and O–H groups in total. The van der Waals surface area contributed by atoms with Crippen LogP contribution in [-0.2, 0) is 0 Å². The molecule has 1 aliphatic heterocycles. The lowest BCUT2D eigenvalue weighted by Gasteiger charge is -2.19. The third-order valence-corrected chi connectivity index (χ3v) is 4.97. The van der Waals surface area contributed by atoms with Crippen molar-refractivity contribution in [2.75, 3.05) is 23.0 Å². The van der Waals surface area contributed by atoms with Crippen LogP contribution in [0.25, 0.3) is 0 Å². The van der Waals surface area contributed by atoms with E-state index in [-0.39, 0.29) is 11.0 Å². The standard InChI is InChI=1S/C10H12N2OS2/c11-10-7(2-1-3-12-10)9(13)8-6-14-4-5-15-8/h1-3,8H,4-6H2,(H2,11,12). The van der Waals surface area contributed by atoms with Crippen LogP contribution in [-0.4, -0.2) is 33.3 Å². The first-order valence-corrected chi connectivity index (χ1v) is 6.93. The van der Waals surface area contributed by atoms with Gasteiger partial charge in [-0.1, -0.05) is 0 Å². The summed E-state index contributed by atoms with van der Waals surface area (Å²) < 4.78 is 0. The summed E-state index contributed by atoms with van der Waals surface area (Å²) >= 11 is 3.55. The molecule has 1 atom stereocenters. The number of nitrogens with zero attached hydrogens (tertiary/aromatic N) is 1. The Morgan fingerprint density at radius 3 is 3.07 bits per heavy atom. The summed E-state index contributed by atoms with van der Waals surface area (Å²) in [5, 5.41) is 0.0512. The zero-order valence-electron chi connectivity index (χ0n) is 8.18. The van der Waals surface area contributed by atoms with E-state index in [2.05, 4.69) is 4.98 Å². The van der Waals surface area contributed by atoms with Crippen LogP contribution in [0.1, 0.15) is 10.4 Å². The van der Waals surface area contributed by atoms with E-state index in [1.807, 2.05) is 11.8 Å². The number of thioether (sulfide) groups is 2. The molecule has 0 aromatic carbocycles. The summed E-state index contributed by atoms with van der Waals surface area (Å²) in [4.78, 5) is 16.0.